The Bertz CT molecular complexity index is 1760. The Kier molecular flexibility index (Phi) is 63.9. The first-order valence-corrected chi connectivity index (χ1v) is 33.3. The van der Waals surface area contributed by atoms with Crippen LogP contribution in [0, 0.1) is 0 Å². The van der Waals surface area contributed by atoms with Crippen molar-refractivity contribution in [3.8, 4) is 0 Å². The summed E-state index contributed by atoms with van der Waals surface area (Å²) in [5.74, 6) is -0.984. The van der Waals surface area contributed by atoms with E-state index in [1.54, 1.807) is 0 Å². The molecule has 0 bridgehead atoms. The van der Waals surface area contributed by atoms with Crippen molar-refractivity contribution in [3.63, 3.8) is 0 Å². The maximum Gasteiger partial charge on any atom is 0.306 e. The van der Waals surface area contributed by atoms with Gasteiger partial charge < -0.3 is 14.2 Å². The van der Waals surface area contributed by atoms with Crippen LogP contribution in [-0.2, 0) is 28.6 Å². The highest BCUT2D eigenvalue weighted by atomic mass is 16.6. The zero-order chi connectivity index (χ0) is 58.5. The summed E-state index contributed by atoms with van der Waals surface area (Å²) in [5, 5.41) is 0. The van der Waals surface area contributed by atoms with Crippen molar-refractivity contribution in [1.82, 2.24) is 0 Å². The Balaban J connectivity index is 4.37. The Hall–Kier alpha value is -4.71. The molecule has 0 N–H and O–H groups in total. The molecular weight excluding hydrogens is 997 g/mol. The van der Waals surface area contributed by atoms with Crippen LogP contribution in [0.5, 0.6) is 0 Å². The average Bonchev–Trinajstić information content (AvgIpc) is 3.46. The fourth-order valence-electron chi connectivity index (χ4n) is 8.88. The van der Waals surface area contributed by atoms with Crippen LogP contribution in [0.15, 0.2) is 146 Å². The van der Waals surface area contributed by atoms with Gasteiger partial charge in [-0.15, -0.1) is 0 Å². The molecule has 0 radical (unpaired) electrons. The molecule has 1 unspecified atom stereocenters. The van der Waals surface area contributed by atoms with Gasteiger partial charge in [0.2, 0.25) is 0 Å². The van der Waals surface area contributed by atoms with Gasteiger partial charge in [-0.05, 0) is 141 Å². The van der Waals surface area contributed by atoms with E-state index >= 15 is 0 Å². The van der Waals surface area contributed by atoms with Crippen LogP contribution >= 0.6 is 0 Å². The Morgan fingerprint density at radius 3 is 0.790 bits per heavy atom. The molecule has 1 atom stereocenters. The molecule has 81 heavy (non-hydrogen) atoms. The number of hydrogen-bond acceptors (Lipinski definition) is 6. The molecule has 0 aromatic rings. The highest BCUT2D eigenvalue weighted by Crippen LogP contribution is 2.16. The maximum absolute atomic E-state index is 12.9. The Labute approximate surface area is 499 Å². The number of ether oxygens (including phenoxy) is 3. The molecule has 0 amide bonds. The van der Waals surface area contributed by atoms with Gasteiger partial charge in [-0.2, -0.15) is 0 Å². The molecule has 0 aliphatic rings. The van der Waals surface area contributed by atoms with Crippen molar-refractivity contribution in [2.75, 3.05) is 13.2 Å². The molecule has 0 aliphatic carbocycles. The van der Waals surface area contributed by atoms with Crippen molar-refractivity contribution in [1.29, 1.82) is 0 Å². The smallest absolute Gasteiger partial charge is 0.306 e. The number of hydrogen-bond donors (Lipinski definition) is 0. The molecule has 0 saturated heterocycles. The minimum absolute atomic E-state index is 0.110. The Morgan fingerprint density at radius 2 is 0.481 bits per heavy atom. The predicted molar refractivity (Wildman–Crippen MR) is 352 cm³/mol. The molecule has 0 heterocycles. The number of unbranched alkanes of at least 4 members (excludes halogenated alkanes) is 24. The fraction of sp³-hybridized carbons (Fsp3) is 0.640. The molecule has 0 aliphatic heterocycles. The van der Waals surface area contributed by atoms with E-state index < -0.39 is 6.10 Å². The topological polar surface area (TPSA) is 78.9 Å². The van der Waals surface area contributed by atoms with Gasteiger partial charge in [-0.1, -0.05) is 276 Å². The van der Waals surface area contributed by atoms with Crippen LogP contribution in [0.3, 0.4) is 0 Å². The second kappa shape index (κ2) is 67.8. The molecule has 0 spiro atoms. The Morgan fingerprint density at radius 1 is 0.259 bits per heavy atom. The summed E-state index contributed by atoms with van der Waals surface area (Å²) in [6.07, 6.45) is 97.3. The normalized spacial score (nSPS) is 13.1. The van der Waals surface area contributed by atoms with Gasteiger partial charge in [0.15, 0.2) is 6.10 Å². The fourth-order valence-corrected chi connectivity index (χ4v) is 8.88. The third-order valence-corrected chi connectivity index (χ3v) is 13.8. The lowest BCUT2D eigenvalue weighted by Crippen LogP contribution is -2.30. The van der Waals surface area contributed by atoms with Crippen molar-refractivity contribution in [2.45, 2.75) is 297 Å². The van der Waals surface area contributed by atoms with Crippen LogP contribution in [0.1, 0.15) is 290 Å². The third-order valence-electron chi connectivity index (χ3n) is 13.8. The van der Waals surface area contributed by atoms with Crippen LogP contribution < -0.4 is 0 Å². The van der Waals surface area contributed by atoms with Crippen molar-refractivity contribution >= 4 is 17.9 Å². The van der Waals surface area contributed by atoms with Gasteiger partial charge in [-0.3, -0.25) is 14.4 Å². The van der Waals surface area contributed by atoms with E-state index in [1.807, 2.05) is 0 Å². The van der Waals surface area contributed by atoms with Gasteiger partial charge in [0, 0.05) is 19.3 Å². The van der Waals surface area contributed by atoms with E-state index in [1.165, 1.54) is 116 Å². The zero-order valence-electron chi connectivity index (χ0n) is 52.5. The quantitative estimate of drug-likeness (QED) is 0.0261. The lowest BCUT2D eigenvalue weighted by atomic mass is 10.0. The molecule has 0 aromatic heterocycles. The van der Waals surface area contributed by atoms with Gasteiger partial charge >= 0.3 is 17.9 Å². The van der Waals surface area contributed by atoms with E-state index in [9.17, 15) is 14.4 Å². The lowest BCUT2D eigenvalue weighted by molar-refractivity contribution is -0.167. The van der Waals surface area contributed by atoms with Gasteiger partial charge in [-0.25, -0.2) is 0 Å². The van der Waals surface area contributed by atoms with Gasteiger partial charge in [0.1, 0.15) is 13.2 Å². The van der Waals surface area contributed by atoms with E-state index in [4.69, 9.17) is 14.2 Å². The highest BCUT2D eigenvalue weighted by Gasteiger charge is 2.19. The van der Waals surface area contributed by atoms with Crippen molar-refractivity contribution in [2.24, 2.45) is 0 Å². The lowest BCUT2D eigenvalue weighted by Gasteiger charge is -2.18. The summed E-state index contributed by atoms with van der Waals surface area (Å²) in [6, 6.07) is 0. The summed E-state index contributed by atoms with van der Waals surface area (Å²) in [6.45, 7) is 6.34. The number of esters is 3. The standard InChI is InChI=1S/C75H122O6/c1-4-7-10-13-16-19-22-25-27-29-31-33-34-35-36-37-38-39-40-42-43-45-47-50-53-56-59-62-65-68-74(77)80-71-72(70-79-73(76)67-64-61-58-55-52-49-24-21-18-15-12-9-6-3)81-75(78)69-66-63-60-57-54-51-48-46-44-41-32-30-28-26-23-20-17-14-11-8-5-2/h8-9,11-12,17-18,20-22,25-26,28-29,31-32,34-35,41,46,48-49,52,54,57,72H,4-7,10,13-16,19,23-24,27,30,33,36-40,42-45,47,50-51,53,55-56,58-71H2,1-3H3/b11-8-,12-9-,20-17-,21-18-,25-22-,28-26-,31-29-,35-34-,41-32-,48-46-,52-49-,57-54-. The third kappa shape index (κ3) is 66.0. The summed E-state index contributed by atoms with van der Waals surface area (Å²) in [4.78, 5) is 38.3. The van der Waals surface area contributed by atoms with Gasteiger partial charge in [0.05, 0.1) is 0 Å². The first kappa shape index (κ1) is 76.3. The number of allylic oxidation sites excluding steroid dienone is 24. The number of rotatable bonds is 59. The summed E-state index contributed by atoms with van der Waals surface area (Å²) >= 11 is 0. The monoisotopic (exact) mass is 1120 g/mol. The predicted octanol–water partition coefficient (Wildman–Crippen LogP) is 23.1. The maximum atomic E-state index is 12.9. The molecule has 0 fully saturated rings. The molecule has 458 valence electrons. The van der Waals surface area contributed by atoms with Crippen LogP contribution in [0.4, 0.5) is 0 Å². The van der Waals surface area contributed by atoms with Crippen LogP contribution in [0.2, 0.25) is 0 Å². The first-order chi connectivity index (χ1) is 40.0. The molecule has 0 rings (SSSR count). The largest absolute Gasteiger partial charge is 0.462 e. The molecule has 0 aromatic carbocycles. The van der Waals surface area contributed by atoms with E-state index in [-0.39, 0.29) is 37.5 Å². The minimum Gasteiger partial charge on any atom is -0.462 e. The van der Waals surface area contributed by atoms with Gasteiger partial charge in [0.25, 0.3) is 0 Å². The van der Waals surface area contributed by atoms with E-state index in [2.05, 4.69) is 167 Å². The molecular formula is C75H122O6. The van der Waals surface area contributed by atoms with Crippen LogP contribution in [-0.4, -0.2) is 37.2 Å². The second-order valence-electron chi connectivity index (χ2n) is 21.6. The van der Waals surface area contributed by atoms with E-state index in [0.717, 1.165) is 128 Å². The average molecular weight is 1120 g/mol. The SMILES string of the molecule is CC/C=C\C/C=C\C/C=C\C/C=C\C/C=C\C/C=C\CCCCC(=O)OC(COC(=O)CCCCC/C=C\C/C=C\C/C=C\CC)COC(=O)CCCCCCCCCCCCCCCC/C=C\C/C=C\C/C=C\CCCCCCC. The zero-order valence-corrected chi connectivity index (χ0v) is 52.5. The second-order valence-corrected chi connectivity index (χ2v) is 21.6. The van der Waals surface area contributed by atoms with Crippen molar-refractivity contribution < 1.29 is 28.6 Å². The first-order valence-electron chi connectivity index (χ1n) is 33.3. The molecule has 6 heteroatoms. The van der Waals surface area contributed by atoms with E-state index in [0.29, 0.717) is 19.3 Å². The van der Waals surface area contributed by atoms with Crippen LogP contribution in [0.25, 0.3) is 0 Å². The number of carbonyl (C=O) groups is 3. The minimum atomic E-state index is -0.821. The molecule has 0 saturated carbocycles. The summed E-state index contributed by atoms with van der Waals surface area (Å²) < 4.78 is 16.9. The number of carbonyl (C=O) groups excluding carboxylic acids is 3. The highest BCUT2D eigenvalue weighted by molar-refractivity contribution is 5.71. The summed E-state index contributed by atoms with van der Waals surface area (Å²) in [7, 11) is 0. The van der Waals surface area contributed by atoms with Crippen molar-refractivity contribution in [3.05, 3.63) is 146 Å². The summed E-state index contributed by atoms with van der Waals surface area (Å²) in [5.41, 5.74) is 0. The molecule has 6 nitrogen and oxygen atoms in total.